The molecule has 0 aromatic heterocycles. The van der Waals surface area contributed by atoms with Crippen LogP contribution in [0.3, 0.4) is 0 Å². The summed E-state index contributed by atoms with van der Waals surface area (Å²) in [4.78, 5) is 37.5. The lowest BCUT2D eigenvalue weighted by Crippen LogP contribution is -2.65. The van der Waals surface area contributed by atoms with Gasteiger partial charge in [-0.3, -0.25) is 14.4 Å². The van der Waals surface area contributed by atoms with Crippen molar-refractivity contribution < 1.29 is 19.1 Å². The zero-order valence-corrected chi connectivity index (χ0v) is 17.6. The standard InChI is InChI=1S/C22H27ClN2O4/c1-13(19(27)24-18-6-4-3-5-17(18)23)29-20(28)21-8-15-7-16(9-21)11-22(10-15,12-21)25-14(2)26/h3-6,13,15-16H,7-12H2,1-2H3,(H,24,27)(H,25,26)/t13-,15-,16+,21?,22?/m1/s1. The highest BCUT2D eigenvalue weighted by Crippen LogP contribution is 2.62. The first kappa shape index (κ1) is 20.2. The largest absolute Gasteiger partial charge is 0.452 e. The van der Waals surface area contributed by atoms with Crippen LogP contribution in [-0.2, 0) is 19.1 Å². The molecular formula is C22H27ClN2O4. The molecule has 4 bridgehead atoms. The molecule has 2 unspecified atom stereocenters. The predicted octanol–water partition coefficient (Wildman–Crippen LogP) is 3.69. The third-order valence-electron chi connectivity index (χ3n) is 6.72. The number of benzene rings is 1. The topological polar surface area (TPSA) is 84.5 Å². The fourth-order valence-electron chi connectivity index (χ4n) is 6.16. The third-order valence-corrected chi connectivity index (χ3v) is 7.05. The Morgan fingerprint density at radius 2 is 1.79 bits per heavy atom. The van der Waals surface area contributed by atoms with E-state index in [4.69, 9.17) is 16.3 Å². The Hall–Kier alpha value is -2.08. The number of hydrogen-bond acceptors (Lipinski definition) is 4. The van der Waals surface area contributed by atoms with Crippen molar-refractivity contribution >= 4 is 35.1 Å². The van der Waals surface area contributed by atoms with Crippen molar-refractivity contribution in [3.05, 3.63) is 29.3 Å². The van der Waals surface area contributed by atoms with Crippen LogP contribution in [-0.4, -0.2) is 29.4 Å². The molecule has 5 rings (SSSR count). The smallest absolute Gasteiger partial charge is 0.312 e. The lowest BCUT2D eigenvalue weighted by Gasteiger charge is -2.60. The Labute approximate surface area is 175 Å². The number of amides is 2. The van der Waals surface area contributed by atoms with Crippen molar-refractivity contribution in [2.75, 3.05) is 5.32 Å². The summed E-state index contributed by atoms with van der Waals surface area (Å²) in [7, 11) is 0. The maximum absolute atomic E-state index is 13.2. The SMILES string of the molecule is CC(=O)NC12C[C@H]3C[C@@H](C1)CC(C(=O)O[C@H](C)C(=O)Nc1ccccc1Cl)(C3)C2. The van der Waals surface area contributed by atoms with Gasteiger partial charge < -0.3 is 15.4 Å². The molecule has 6 nitrogen and oxygen atoms in total. The molecule has 0 saturated heterocycles. The summed E-state index contributed by atoms with van der Waals surface area (Å²) in [5.41, 5.74) is -0.426. The van der Waals surface area contributed by atoms with Gasteiger partial charge in [-0.2, -0.15) is 0 Å². The van der Waals surface area contributed by atoms with Crippen molar-refractivity contribution in [2.45, 2.75) is 64.0 Å². The Morgan fingerprint density at radius 1 is 1.14 bits per heavy atom. The van der Waals surface area contributed by atoms with Gasteiger partial charge in [-0.15, -0.1) is 0 Å². The van der Waals surface area contributed by atoms with Gasteiger partial charge in [-0.1, -0.05) is 23.7 Å². The van der Waals surface area contributed by atoms with Crippen molar-refractivity contribution in [1.82, 2.24) is 5.32 Å². The van der Waals surface area contributed by atoms with Gasteiger partial charge in [0.15, 0.2) is 6.10 Å². The Bertz CT molecular complexity index is 841. The Balaban J connectivity index is 1.46. The van der Waals surface area contributed by atoms with E-state index >= 15 is 0 Å². The highest BCUT2D eigenvalue weighted by atomic mass is 35.5. The number of ether oxygens (including phenoxy) is 1. The summed E-state index contributed by atoms with van der Waals surface area (Å²) in [5.74, 6) is 0.0599. The lowest BCUT2D eigenvalue weighted by atomic mass is 9.47. The quantitative estimate of drug-likeness (QED) is 0.714. The zero-order valence-electron chi connectivity index (χ0n) is 16.8. The molecule has 0 aliphatic heterocycles. The summed E-state index contributed by atoms with van der Waals surface area (Å²) < 4.78 is 5.65. The normalized spacial score (nSPS) is 33.1. The van der Waals surface area contributed by atoms with Crippen LogP contribution in [0.5, 0.6) is 0 Å². The van der Waals surface area contributed by atoms with E-state index in [0.717, 1.165) is 32.1 Å². The van der Waals surface area contributed by atoms with Gasteiger partial charge in [0.05, 0.1) is 16.1 Å². The summed E-state index contributed by atoms with van der Waals surface area (Å²) in [6.07, 6.45) is 4.21. The minimum Gasteiger partial charge on any atom is -0.452 e. The zero-order chi connectivity index (χ0) is 20.8. The molecule has 4 fully saturated rings. The maximum atomic E-state index is 13.2. The molecule has 0 heterocycles. The van der Waals surface area contributed by atoms with Gasteiger partial charge in [-0.05, 0) is 69.4 Å². The van der Waals surface area contributed by atoms with E-state index in [1.165, 1.54) is 6.92 Å². The molecule has 1 aromatic rings. The van der Waals surface area contributed by atoms with Crippen LogP contribution >= 0.6 is 11.6 Å². The number of carbonyl (C=O) groups is 3. The van der Waals surface area contributed by atoms with E-state index in [9.17, 15) is 14.4 Å². The van der Waals surface area contributed by atoms with E-state index in [-0.39, 0.29) is 17.4 Å². The maximum Gasteiger partial charge on any atom is 0.312 e. The fraction of sp³-hybridized carbons (Fsp3) is 0.591. The molecule has 156 valence electrons. The number of hydrogen-bond donors (Lipinski definition) is 2. The number of rotatable bonds is 5. The second-order valence-corrected chi connectivity index (χ2v) is 9.63. The minimum atomic E-state index is -0.927. The van der Waals surface area contributed by atoms with Crippen LogP contribution < -0.4 is 10.6 Å². The van der Waals surface area contributed by atoms with E-state index in [1.54, 1.807) is 31.2 Å². The molecule has 1 aromatic carbocycles. The second-order valence-electron chi connectivity index (χ2n) is 9.22. The number of carbonyl (C=O) groups excluding carboxylic acids is 3. The average molecular weight is 419 g/mol. The fourth-order valence-corrected chi connectivity index (χ4v) is 6.34. The van der Waals surface area contributed by atoms with Crippen molar-refractivity contribution in [1.29, 1.82) is 0 Å². The number of esters is 1. The monoisotopic (exact) mass is 418 g/mol. The molecule has 7 heteroatoms. The van der Waals surface area contributed by atoms with Crippen molar-refractivity contribution in [3.8, 4) is 0 Å². The number of halogens is 1. The van der Waals surface area contributed by atoms with E-state index in [1.807, 2.05) is 0 Å². The summed E-state index contributed by atoms with van der Waals surface area (Å²) >= 11 is 6.09. The molecular weight excluding hydrogens is 392 g/mol. The van der Waals surface area contributed by atoms with Crippen LogP contribution in [0.4, 0.5) is 5.69 Å². The average Bonchev–Trinajstić information content (AvgIpc) is 2.61. The van der Waals surface area contributed by atoms with Gasteiger partial charge in [0.25, 0.3) is 5.91 Å². The van der Waals surface area contributed by atoms with Crippen LogP contribution in [0.2, 0.25) is 5.02 Å². The molecule has 29 heavy (non-hydrogen) atoms. The molecule has 4 aliphatic carbocycles. The first-order chi connectivity index (χ1) is 13.7. The highest BCUT2D eigenvalue weighted by Gasteiger charge is 2.61. The van der Waals surface area contributed by atoms with Gasteiger partial charge in [-0.25, -0.2) is 0 Å². The summed E-state index contributed by atoms with van der Waals surface area (Å²) in [6.45, 7) is 3.11. The first-order valence-corrected chi connectivity index (χ1v) is 10.6. The Kier molecular flexibility index (Phi) is 5.09. The van der Waals surface area contributed by atoms with Crippen LogP contribution in [0, 0.1) is 17.3 Å². The van der Waals surface area contributed by atoms with Crippen LogP contribution in [0.15, 0.2) is 24.3 Å². The van der Waals surface area contributed by atoms with Crippen LogP contribution in [0.25, 0.3) is 0 Å². The number of nitrogens with one attached hydrogen (secondary N) is 2. The Morgan fingerprint density at radius 3 is 2.41 bits per heavy atom. The van der Waals surface area contributed by atoms with Crippen molar-refractivity contribution in [3.63, 3.8) is 0 Å². The summed E-state index contributed by atoms with van der Waals surface area (Å²) in [6, 6.07) is 6.93. The minimum absolute atomic E-state index is 0.0528. The molecule has 4 aliphatic rings. The van der Waals surface area contributed by atoms with Gasteiger partial charge in [0, 0.05) is 12.5 Å². The van der Waals surface area contributed by atoms with Gasteiger partial charge in [0.2, 0.25) is 5.91 Å². The lowest BCUT2D eigenvalue weighted by molar-refractivity contribution is -0.181. The van der Waals surface area contributed by atoms with E-state index in [2.05, 4.69) is 10.6 Å². The number of para-hydroxylation sites is 1. The van der Waals surface area contributed by atoms with E-state index < -0.39 is 17.4 Å². The molecule has 5 atom stereocenters. The second kappa shape index (κ2) is 7.31. The first-order valence-electron chi connectivity index (χ1n) is 10.3. The predicted molar refractivity (Wildman–Crippen MR) is 109 cm³/mol. The summed E-state index contributed by atoms with van der Waals surface area (Å²) in [5, 5.41) is 6.29. The van der Waals surface area contributed by atoms with E-state index in [0.29, 0.717) is 29.0 Å². The number of anilines is 1. The van der Waals surface area contributed by atoms with Crippen LogP contribution in [0.1, 0.15) is 52.4 Å². The molecule has 2 amide bonds. The highest BCUT2D eigenvalue weighted by molar-refractivity contribution is 6.33. The third kappa shape index (κ3) is 3.87. The molecule has 4 saturated carbocycles. The molecule has 2 N–H and O–H groups in total. The molecule has 0 radical (unpaired) electrons. The van der Waals surface area contributed by atoms with Gasteiger partial charge >= 0.3 is 5.97 Å². The van der Waals surface area contributed by atoms with Crippen molar-refractivity contribution in [2.24, 2.45) is 17.3 Å². The van der Waals surface area contributed by atoms with Gasteiger partial charge in [0.1, 0.15) is 0 Å². The molecule has 0 spiro atoms.